The van der Waals surface area contributed by atoms with Crippen molar-refractivity contribution in [2.24, 2.45) is 0 Å². The Morgan fingerprint density at radius 1 is 1.17 bits per heavy atom. The van der Waals surface area contributed by atoms with E-state index in [1.807, 2.05) is 12.1 Å². The van der Waals surface area contributed by atoms with Crippen LogP contribution < -0.4 is 0 Å². The number of rotatable bonds is 3. The fourth-order valence-electron chi connectivity index (χ4n) is 2.56. The van der Waals surface area contributed by atoms with Crippen molar-refractivity contribution >= 4 is 29.3 Å². The maximum absolute atomic E-state index is 12.9. The van der Waals surface area contributed by atoms with Crippen LogP contribution in [0.4, 0.5) is 13.2 Å². The molecule has 1 amide bonds. The molecule has 1 atom stereocenters. The third-order valence-electron chi connectivity index (χ3n) is 3.73. The highest BCUT2D eigenvalue weighted by atomic mass is 35.5. The van der Waals surface area contributed by atoms with Gasteiger partial charge in [0.1, 0.15) is 5.37 Å². The highest BCUT2D eigenvalue weighted by molar-refractivity contribution is 8.00. The molecular weight excluding hydrogens is 359 g/mol. The summed E-state index contributed by atoms with van der Waals surface area (Å²) in [6, 6.07) is 12.2. The molecule has 2 aromatic carbocycles. The van der Waals surface area contributed by atoms with Crippen LogP contribution in [-0.2, 0) is 17.5 Å². The van der Waals surface area contributed by atoms with Crippen molar-refractivity contribution in [2.45, 2.75) is 18.1 Å². The molecule has 0 N–H and O–H groups in total. The van der Waals surface area contributed by atoms with E-state index in [0.29, 0.717) is 17.1 Å². The van der Waals surface area contributed by atoms with Gasteiger partial charge in [0.15, 0.2) is 0 Å². The number of hydrogen-bond donors (Lipinski definition) is 0. The lowest BCUT2D eigenvalue weighted by atomic mass is 10.1. The lowest BCUT2D eigenvalue weighted by Gasteiger charge is -2.25. The van der Waals surface area contributed by atoms with Crippen LogP contribution in [0.1, 0.15) is 22.1 Å². The van der Waals surface area contributed by atoms with Gasteiger partial charge in [-0.3, -0.25) is 4.79 Å². The highest BCUT2D eigenvalue weighted by Crippen LogP contribution is 2.41. The van der Waals surface area contributed by atoms with Crippen LogP contribution in [0.2, 0.25) is 5.02 Å². The van der Waals surface area contributed by atoms with Gasteiger partial charge in [0, 0.05) is 11.6 Å². The highest BCUT2D eigenvalue weighted by Gasteiger charge is 2.35. The summed E-state index contributed by atoms with van der Waals surface area (Å²) in [4.78, 5) is 13.8. The van der Waals surface area contributed by atoms with E-state index in [2.05, 4.69) is 0 Å². The largest absolute Gasteiger partial charge is 0.416 e. The van der Waals surface area contributed by atoms with E-state index in [1.54, 1.807) is 23.1 Å². The number of amides is 1. The van der Waals surface area contributed by atoms with Crippen molar-refractivity contribution in [3.63, 3.8) is 0 Å². The predicted octanol–water partition coefficient (Wildman–Crippen LogP) is 5.13. The van der Waals surface area contributed by atoms with Gasteiger partial charge < -0.3 is 4.90 Å². The lowest BCUT2D eigenvalue weighted by Crippen LogP contribution is -2.27. The summed E-state index contributed by atoms with van der Waals surface area (Å²) in [5.41, 5.74) is 0.660. The topological polar surface area (TPSA) is 20.3 Å². The Labute approximate surface area is 146 Å². The minimum absolute atomic E-state index is 0.0858. The summed E-state index contributed by atoms with van der Waals surface area (Å²) in [6.07, 6.45) is -4.40. The molecule has 7 heteroatoms. The first-order chi connectivity index (χ1) is 11.3. The van der Waals surface area contributed by atoms with Gasteiger partial charge in [0.2, 0.25) is 5.91 Å². The van der Waals surface area contributed by atoms with Gasteiger partial charge in [0.05, 0.1) is 11.3 Å². The fraction of sp³-hybridized carbons (Fsp3) is 0.235. The van der Waals surface area contributed by atoms with Gasteiger partial charge in [0.25, 0.3) is 0 Å². The monoisotopic (exact) mass is 371 g/mol. The Morgan fingerprint density at radius 2 is 1.88 bits per heavy atom. The molecule has 0 unspecified atom stereocenters. The van der Waals surface area contributed by atoms with Gasteiger partial charge in [-0.1, -0.05) is 35.9 Å². The van der Waals surface area contributed by atoms with E-state index >= 15 is 0 Å². The molecule has 0 bridgehead atoms. The van der Waals surface area contributed by atoms with Crippen LogP contribution in [0, 0.1) is 0 Å². The maximum atomic E-state index is 12.9. The van der Waals surface area contributed by atoms with E-state index in [1.165, 1.54) is 17.8 Å². The van der Waals surface area contributed by atoms with Crippen LogP contribution in [0.3, 0.4) is 0 Å². The molecule has 24 heavy (non-hydrogen) atoms. The molecule has 0 saturated carbocycles. The number of benzene rings is 2. The summed E-state index contributed by atoms with van der Waals surface area (Å²) in [7, 11) is 0. The van der Waals surface area contributed by atoms with Gasteiger partial charge in [-0.25, -0.2) is 0 Å². The van der Waals surface area contributed by atoms with Crippen LogP contribution in [0.25, 0.3) is 0 Å². The molecule has 1 aliphatic heterocycles. The van der Waals surface area contributed by atoms with Crippen molar-refractivity contribution in [2.75, 3.05) is 5.75 Å². The third kappa shape index (κ3) is 3.70. The number of carbonyl (C=O) groups excluding carboxylic acids is 1. The van der Waals surface area contributed by atoms with Crippen LogP contribution >= 0.6 is 23.4 Å². The van der Waals surface area contributed by atoms with E-state index < -0.39 is 17.1 Å². The molecule has 2 aromatic rings. The molecule has 0 radical (unpaired) electrons. The number of nitrogens with zero attached hydrogens (tertiary/aromatic N) is 1. The van der Waals surface area contributed by atoms with Crippen molar-refractivity contribution in [1.29, 1.82) is 0 Å². The van der Waals surface area contributed by atoms with E-state index in [9.17, 15) is 18.0 Å². The van der Waals surface area contributed by atoms with Crippen LogP contribution in [-0.4, -0.2) is 16.6 Å². The number of thioether (sulfide) groups is 1. The normalized spacial score (nSPS) is 18.2. The fourth-order valence-corrected chi connectivity index (χ4v) is 3.86. The molecule has 0 aromatic heterocycles. The molecule has 0 spiro atoms. The van der Waals surface area contributed by atoms with Gasteiger partial charge in [-0.15, -0.1) is 11.8 Å². The summed E-state index contributed by atoms with van der Waals surface area (Å²) < 4.78 is 38.7. The van der Waals surface area contributed by atoms with Crippen molar-refractivity contribution in [3.8, 4) is 0 Å². The maximum Gasteiger partial charge on any atom is 0.416 e. The lowest BCUT2D eigenvalue weighted by molar-refractivity contribution is -0.137. The Bertz CT molecular complexity index is 748. The van der Waals surface area contributed by atoms with Crippen molar-refractivity contribution in [1.82, 2.24) is 4.90 Å². The number of carbonyl (C=O) groups is 1. The molecule has 1 heterocycles. The minimum atomic E-state index is -4.40. The number of hydrogen-bond acceptors (Lipinski definition) is 2. The smallest absolute Gasteiger partial charge is 0.322 e. The van der Waals surface area contributed by atoms with E-state index in [0.717, 1.165) is 17.7 Å². The number of alkyl halides is 3. The van der Waals surface area contributed by atoms with E-state index in [4.69, 9.17) is 11.6 Å². The van der Waals surface area contributed by atoms with Crippen molar-refractivity contribution < 1.29 is 18.0 Å². The molecule has 1 aliphatic rings. The molecule has 2 nitrogen and oxygen atoms in total. The zero-order valence-electron chi connectivity index (χ0n) is 12.4. The Hall–Kier alpha value is -1.66. The molecule has 0 aliphatic carbocycles. The van der Waals surface area contributed by atoms with Gasteiger partial charge in [-0.05, 0) is 35.4 Å². The van der Waals surface area contributed by atoms with Crippen LogP contribution in [0.15, 0.2) is 48.5 Å². The first kappa shape index (κ1) is 17.2. The second-order valence-corrected chi connectivity index (χ2v) is 6.94. The Morgan fingerprint density at radius 3 is 2.54 bits per heavy atom. The Balaban J connectivity index is 1.86. The molecule has 1 saturated heterocycles. The SMILES string of the molecule is O=C1CS[C@H](c2cccc(C(F)(F)F)c2)N1Cc1ccc(Cl)cc1. The van der Waals surface area contributed by atoms with Crippen LogP contribution in [0.5, 0.6) is 0 Å². The van der Waals surface area contributed by atoms with Gasteiger partial charge >= 0.3 is 6.18 Å². The van der Waals surface area contributed by atoms with E-state index in [-0.39, 0.29) is 11.7 Å². The molecule has 1 fully saturated rings. The molecular formula is C17H13ClF3NOS. The summed E-state index contributed by atoms with van der Waals surface area (Å²) in [6.45, 7) is 0.337. The Kier molecular flexibility index (Phi) is 4.78. The van der Waals surface area contributed by atoms with Crippen molar-refractivity contribution in [3.05, 3.63) is 70.2 Å². The average molecular weight is 372 g/mol. The standard InChI is InChI=1S/C17H13ClF3NOS/c18-14-6-4-11(5-7-14)9-22-15(23)10-24-16(22)12-2-1-3-13(8-12)17(19,20)21/h1-8,16H,9-10H2/t16-/m1/s1. The van der Waals surface area contributed by atoms with Gasteiger partial charge in [-0.2, -0.15) is 13.2 Å². The average Bonchev–Trinajstić information content (AvgIpc) is 2.90. The zero-order valence-corrected chi connectivity index (χ0v) is 14.0. The molecule has 3 rings (SSSR count). The summed E-state index contributed by atoms with van der Waals surface area (Å²) >= 11 is 7.19. The summed E-state index contributed by atoms with van der Waals surface area (Å²) in [5, 5.41) is 0.172. The summed E-state index contributed by atoms with van der Waals surface area (Å²) in [5.74, 6) is 0.173. The minimum Gasteiger partial charge on any atom is -0.322 e. The second-order valence-electron chi connectivity index (χ2n) is 5.43. The third-order valence-corrected chi connectivity index (χ3v) is 5.24. The quantitative estimate of drug-likeness (QED) is 0.745. The first-order valence-corrected chi connectivity index (χ1v) is 8.60. The second kappa shape index (κ2) is 6.69. The first-order valence-electron chi connectivity index (χ1n) is 7.17. The molecule has 126 valence electrons. The number of halogens is 4. The predicted molar refractivity (Wildman–Crippen MR) is 88.6 cm³/mol. The zero-order chi connectivity index (χ0) is 17.3.